The highest BCUT2D eigenvalue weighted by atomic mass is 19.1. The number of nitrogens with zero attached hydrogens (tertiary/aromatic N) is 2. The number of hydrogen-bond acceptors (Lipinski definition) is 6. The molecule has 3 aromatic carbocycles. The number of aliphatic hydroxyl groups is 1. The molecule has 0 unspecified atom stereocenters. The van der Waals surface area contributed by atoms with Crippen LogP contribution in [0.25, 0.3) is 11.0 Å². The van der Waals surface area contributed by atoms with Gasteiger partial charge in [-0.15, -0.1) is 0 Å². The standard InChI is InChI=1S/C33H36FN3O4/c1-33(2,34)18-17-25(31(39)36-21-24-13-7-4-8-14-24)20-29(38)30(19-23-11-5-3-6-12-23)41-32(40)28-22-35-26-15-9-10-16-27(26)37-28/h3-16,22,25,29-30,38H,17-21H2,1-2H3,(H,36,39)/t25-,29+,30+/m1/s1. The number of carbonyl (C=O) groups excluding carboxylic acids is 2. The van der Waals surface area contributed by atoms with E-state index in [-0.39, 0.29) is 37.3 Å². The normalized spacial score (nSPS) is 13.8. The Morgan fingerprint density at radius 1 is 0.927 bits per heavy atom. The van der Waals surface area contributed by atoms with Gasteiger partial charge in [0.2, 0.25) is 5.91 Å². The van der Waals surface area contributed by atoms with Crippen molar-refractivity contribution in [3.63, 3.8) is 0 Å². The van der Waals surface area contributed by atoms with Gasteiger partial charge in [-0.3, -0.25) is 9.78 Å². The van der Waals surface area contributed by atoms with Crippen LogP contribution in [-0.4, -0.2) is 44.8 Å². The molecule has 2 N–H and O–H groups in total. The molecule has 4 rings (SSSR count). The third-order valence-corrected chi connectivity index (χ3v) is 6.92. The number of hydrogen-bond donors (Lipinski definition) is 2. The average molecular weight is 558 g/mol. The van der Waals surface area contributed by atoms with Crippen molar-refractivity contribution in [1.82, 2.24) is 15.3 Å². The van der Waals surface area contributed by atoms with Gasteiger partial charge in [0, 0.05) is 18.9 Å². The van der Waals surface area contributed by atoms with Crippen molar-refractivity contribution in [2.45, 2.75) is 64.0 Å². The van der Waals surface area contributed by atoms with E-state index in [0.29, 0.717) is 17.6 Å². The van der Waals surface area contributed by atoms with Crippen molar-refractivity contribution < 1.29 is 23.8 Å². The average Bonchev–Trinajstić information content (AvgIpc) is 2.97. The lowest BCUT2D eigenvalue weighted by atomic mass is 9.88. The van der Waals surface area contributed by atoms with E-state index in [9.17, 15) is 19.1 Å². The van der Waals surface area contributed by atoms with Crippen LogP contribution < -0.4 is 5.32 Å². The molecule has 0 spiro atoms. The van der Waals surface area contributed by atoms with Crippen LogP contribution in [0, 0.1) is 5.92 Å². The molecule has 0 radical (unpaired) electrons. The maximum Gasteiger partial charge on any atom is 0.358 e. The highest BCUT2D eigenvalue weighted by Gasteiger charge is 2.32. The summed E-state index contributed by atoms with van der Waals surface area (Å²) in [5, 5.41) is 14.3. The quantitative estimate of drug-likeness (QED) is 0.207. The van der Waals surface area contributed by atoms with Gasteiger partial charge < -0.3 is 15.2 Å². The fourth-order valence-corrected chi connectivity index (χ4v) is 4.60. The number of amides is 1. The zero-order valence-corrected chi connectivity index (χ0v) is 23.4. The minimum absolute atomic E-state index is 0.00905. The molecule has 1 heterocycles. The first-order chi connectivity index (χ1) is 19.7. The van der Waals surface area contributed by atoms with E-state index < -0.39 is 29.8 Å². The molecule has 3 atom stereocenters. The van der Waals surface area contributed by atoms with Gasteiger partial charge in [0.1, 0.15) is 11.8 Å². The lowest BCUT2D eigenvalue weighted by Gasteiger charge is -2.27. The molecule has 7 nitrogen and oxygen atoms in total. The number of alkyl halides is 1. The molecule has 0 aliphatic rings. The van der Waals surface area contributed by atoms with Crippen molar-refractivity contribution in [1.29, 1.82) is 0 Å². The van der Waals surface area contributed by atoms with E-state index in [2.05, 4.69) is 15.3 Å². The van der Waals surface area contributed by atoms with Crippen LogP contribution in [0.2, 0.25) is 0 Å². The van der Waals surface area contributed by atoms with Gasteiger partial charge in [-0.1, -0.05) is 72.8 Å². The molecule has 1 amide bonds. The number of aliphatic hydroxyl groups excluding tert-OH is 1. The first-order valence-corrected chi connectivity index (χ1v) is 13.8. The Morgan fingerprint density at radius 2 is 1.54 bits per heavy atom. The van der Waals surface area contributed by atoms with Crippen LogP contribution in [0.15, 0.2) is 91.1 Å². The minimum Gasteiger partial charge on any atom is -0.454 e. The van der Waals surface area contributed by atoms with E-state index in [1.807, 2.05) is 66.7 Å². The number of halogens is 1. The fraction of sp³-hybridized carbons (Fsp3) is 0.333. The van der Waals surface area contributed by atoms with Crippen LogP contribution in [0.4, 0.5) is 4.39 Å². The Morgan fingerprint density at radius 3 is 2.20 bits per heavy atom. The van der Waals surface area contributed by atoms with Crippen molar-refractivity contribution in [2.75, 3.05) is 0 Å². The lowest BCUT2D eigenvalue weighted by Crippen LogP contribution is -2.39. The molecule has 0 aliphatic heterocycles. The summed E-state index contributed by atoms with van der Waals surface area (Å²) in [6.07, 6.45) is -0.238. The van der Waals surface area contributed by atoms with Crippen LogP contribution in [0.3, 0.4) is 0 Å². The Hall–Kier alpha value is -4.17. The highest BCUT2D eigenvalue weighted by molar-refractivity contribution is 5.89. The van der Waals surface area contributed by atoms with Gasteiger partial charge in [-0.2, -0.15) is 0 Å². The second-order valence-corrected chi connectivity index (χ2v) is 10.8. The van der Waals surface area contributed by atoms with Crippen molar-refractivity contribution in [3.8, 4) is 0 Å². The van der Waals surface area contributed by atoms with Crippen LogP contribution in [-0.2, 0) is 22.5 Å². The lowest BCUT2D eigenvalue weighted by molar-refractivity contribution is -0.127. The van der Waals surface area contributed by atoms with Gasteiger partial charge in [-0.25, -0.2) is 14.2 Å². The maximum absolute atomic E-state index is 14.4. The number of para-hydroxylation sites is 2. The molecule has 0 aliphatic carbocycles. The number of nitrogens with one attached hydrogen (secondary N) is 1. The zero-order valence-electron chi connectivity index (χ0n) is 23.4. The summed E-state index contributed by atoms with van der Waals surface area (Å²) in [4.78, 5) is 35.1. The van der Waals surface area contributed by atoms with Gasteiger partial charge >= 0.3 is 5.97 Å². The number of fused-ring (bicyclic) bond motifs is 1. The predicted molar refractivity (Wildman–Crippen MR) is 156 cm³/mol. The molecular weight excluding hydrogens is 521 g/mol. The highest BCUT2D eigenvalue weighted by Crippen LogP contribution is 2.25. The van der Waals surface area contributed by atoms with Crippen molar-refractivity contribution in [3.05, 3.63) is 108 Å². The van der Waals surface area contributed by atoms with Crippen LogP contribution >= 0.6 is 0 Å². The van der Waals surface area contributed by atoms with Crippen molar-refractivity contribution in [2.24, 2.45) is 5.92 Å². The number of benzene rings is 3. The molecule has 0 bridgehead atoms. The van der Waals surface area contributed by atoms with E-state index in [1.54, 1.807) is 18.2 Å². The molecule has 0 saturated heterocycles. The van der Waals surface area contributed by atoms with E-state index in [1.165, 1.54) is 20.0 Å². The van der Waals surface area contributed by atoms with Crippen LogP contribution in [0.5, 0.6) is 0 Å². The van der Waals surface area contributed by atoms with E-state index >= 15 is 0 Å². The number of esters is 1. The summed E-state index contributed by atoms with van der Waals surface area (Å²) in [5.74, 6) is -1.71. The summed E-state index contributed by atoms with van der Waals surface area (Å²) < 4.78 is 20.3. The smallest absolute Gasteiger partial charge is 0.358 e. The minimum atomic E-state index is -1.48. The van der Waals surface area contributed by atoms with Crippen molar-refractivity contribution >= 4 is 22.9 Å². The van der Waals surface area contributed by atoms with Gasteiger partial charge in [0.15, 0.2) is 5.69 Å². The van der Waals surface area contributed by atoms with Gasteiger partial charge in [0.05, 0.1) is 23.3 Å². The number of carbonyl (C=O) groups is 2. The molecule has 8 heteroatoms. The summed E-state index contributed by atoms with van der Waals surface area (Å²) >= 11 is 0. The number of aromatic nitrogens is 2. The Labute approximate surface area is 239 Å². The predicted octanol–water partition coefficient (Wildman–Crippen LogP) is 5.61. The Kier molecular flexibility index (Phi) is 10.1. The molecule has 0 fully saturated rings. The van der Waals surface area contributed by atoms with Crippen LogP contribution in [0.1, 0.15) is 54.7 Å². The topological polar surface area (TPSA) is 101 Å². The fourth-order valence-electron chi connectivity index (χ4n) is 4.60. The summed E-state index contributed by atoms with van der Waals surface area (Å²) in [5.41, 5.74) is 1.51. The second-order valence-electron chi connectivity index (χ2n) is 10.8. The SMILES string of the molecule is CC(C)(F)CC[C@H](C[C@H](O)[C@H](Cc1ccccc1)OC(=O)c1cnc2ccccc2n1)C(=O)NCc1ccccc1. The third-order valence-electron chi connectivity index (χ3n) is 6.92. The summed E-state index contributed by atoms with van der Waals surface area (Å²) in [6.45, 7) is 3.24. The van der Waals surface area contributed by atoms with Gasteiger partial charge in [-0.05, 0) is 56.4 Å². The number of ether oxygens (including phenoxy) is 1. The molecular formula is C33H36FN3O4. The van der Waals surface area contributed by atoms with E-state index in [0.717, 1.165) is 11.1 Å². The maximum atomic E-state index is 14.4. The molecule has 0 saturated carbocycles. The molecule has 1 aromatic heterocycles. The molecule has 214 valence electrons. The first kappa shape index (κ1) is 29.8. The van der Waals surface area contributed by atoms with E-state index in [4.69, 9.17) is 4.74 Å². The second kappa shape index (κ2) is 13.9. The third kappa shape index (κ3) is 9.18. The Bertz CT molecular complexity index is 1430. The molecule has 4 aromatic rings. The largest absolute Gasteiger partial charge is 0.454 e. The van der Waals surface area contributed by atoms with Gasteiger partial charge in [0.25, 0.3) is 0 Å². The monoisotopic (exact) mass is 557 g/mol. The number of rotatable bonds is 13. The zero-order chi connectivity index (χ0) is 29.2. The summed E-state index contributed by atoms with van der Waals surface area (Å²) in [7, 11) is 0. The first-order valence-electron chi connectivity index (χ1n) is 13.8. The Balaban J connectivity index is 1.52. The molecule has 41 heavy (non-hydrogen) atoms. The summed E-state index contributed by atoms with van der Waals surface area (Å²) in [6, 6.07) is 26.0.